The van der Waals surface area contributed by atoms with Crippen molar-refractivity contribution >= 4 is 18.4 Å². The third-order valence-corrected chi connectivity index (χ3v) is 4.69. The van der Waals surface area contributed by atoms with Gasteiger partial charge in [-0.15, -0.1) is 12.4 Å². The second-order valence-corrected chi connectivity index (χ2v) is 6.77. The van der Waals surface area contributed by atoms with E-state index in [2.05, 4.69) is 17.0 Å². The van der Waals surface area contributed by atoms with Crippen LogP contribution in [0.1, 0.15) is 28.7 Å². The highest BCUT2D eigenvalue weighted by Crippen LogP contribution is 2.27. The zero-order valence-corrected chi connectivity index (χ0v) is 17.0. The van der Waals surface area contributed by atoms with Gasteiger partial charge in [-0.05, 0) is 30.8 Å². The molecule has 0 heterocycles. The molecule has 0 aliphatic heterocycles. The Morgan fingerprint density at radius 3 is 1.54 bits per heavy atom. The number of ether oxygens (including phenoxy) is 1. The third kappa shape index (κ3) is 5.44. The summed E-state index contributed by atoms with van der Waals surface area (Å²) >= 11 is 0. The lowest BCUT2D eigenvalue weighted by atomic mass is 9.91. The fourth-order valence-corrected chi connectivity index (χ4v) is 3.22. The molecule has 28 heavy (non-hydrogen) atoms. The van der Waals surface area contributed by atoms with Gasteiger partial charge in [0.2, 0.25) is 0 Å². The lowest BCUT2D eigenvalue weighted by Crippen LogP contribution is -2.27. The minimum Gasteiger partial charge on any atom is -0.463 e. The molecule has 0 N–H and O–H groups in total. The molecule has 0 amide bonds. The van der Waals surface area contributed by atoms with E-state index in [1.54, 1.807) is 0 Å². The first-order valence-electron chi connectivity index (χ1n) is 9.14. The van der Waals surface area contributed by atoms with Crippen LogP contribution in [0.3, 0.4) is 0 Å². The highest BCUT2D eigenvalue weighted by Gasteiger charge is 2.25. The third-order valence-electron chi connectivity index (χ3n) is 4.69. The van der Waals surface area contributed by atoms with Crippen molar-refractivity contribution in [3.05, 3.63) is 108 Å². The highest BCUT2D eigenvalue weighted by atomic mass is 35.5. The summed E-state index contributed by atoms with van der Waals surface area (Å²) in [6, 6.07) is 29.7. The molecule has 3 aromatic carbocycles. The molecule has 3 rings (SSSR count). The lowest BCUT2D eigenvalue weighted by Gasteiger charge is -2.25. The van der Waals surface area contributed by atoms with E-state index in [1.807, 2.05) is 93.0 Å². The molecule has 0 bridgehead atoms. The van der Waals surface area contributed by atoms with Crippen molar-refractivity contribution in [2.75, 3.05) is 20.7 Å². The molecule has 3 nitrogen and oxygen atoms in total. The molecule has 1 unspecified atom stereocenters. The molecular weight excluding hydrogens is 370 g/mol. The van der Waals surface area contributed by atoms with Crippen molar-refractivity contribution < 1.29 is 9.53 Å². The van der Waals surface area contributed by atoms with Crippen LogP contribution in [0.25, 0.3) is 0 Å². The van der Waals surface area contributed by atoms with E-state index in [0.717, 1.165) is 16.7 Å². The Kier molecular flexibility index (Phi) is 8.24. The number of benzene rings is 3. The summed E-state index contributed by atoms with van der Waals surface area (Å²) < 4.78 is 5.81. The van der Waals surface area contributed by atoms with Gasteiger partial charge in [0.15, 0.2) is 0 Å². The minimum absolute atomic E-state index is 0. The number of hydrogen-bond donors (Lipinski definition) is 0. The number of esters is 1. The van der Waals surface area contributed by atoms with E-state index in [4.69, 9.17) is 4.74 Å². The molecule has 4 heteroatoms. The van der Waals surface area contributed by atoms with Crippen molar-refractivity contribution in [3.8, 4) is 0 Å². The summed E-state index contributed by atoms with van der Waals surface area (Å²) in [6.45, 7) is 0.312. The molecule has 0 saturated carbocycles. The number of carbonyl (C=O) groups excluding carboxylic acids is 1. The van der Waals surface area contributed by atoms with Crippen LogP contribution >= 0.6 is 12.4 Å². The maximum atomic E-state index is 13.1. The molecule has 3 aromatic rings. The average Bonchev–Trinajstić information content (AvgIpc) is 2.70. The summed E-state index contributed by atoms with van der Waals surface area (Å²) in [7, 11) is 3.99. The maximum Gasteiger partial charge on any atom is 0.317 e. The predicted octanol–water partition coefficient (Wildman–Crippen LogP) is 5.09. The van der Waals surface area contributed by atoms with E-state index in [-0.39, 0.29) is 24.4 Å². The summed E-state index contributed by atoms with van der Waals surface area (Å²) in [4.78, 5) is 15.1. The van der Waals surface area contributed by atoms with Gasteiger partial charge >= 0.3 is 5.97 Å². The van der Waals surface area contributed by atoms with Gasteiger partial charge in [0.25, 0.3) is 0 Å². The topological polar surface area (TPSA) is 29.5 Å². The first kappa shape index (κ1) is 21.7. The van der Waals surface area contributed by atoms with Crippen LogP contribution in [0.5, 0.6) is 0 Å². The van der Waals surface area contributed by atoms with Gasteiger partial charge in [-0.1, -0.05) is 91.0 Å². The van der Waals surface area contributed by atoms with Crippen LogP contribution in [-0.2, 0) is 9.53 Å². The smallest absolute Gasteiger partial charge is 0.317 e. The number of hydrogen-bond acceptors (Lipinski definition) is 3. The Morgan fingerprint density at radius 1 is 0.750 bits per heavy atom. The number of carbonyl (C=O) groups is 1. The molecule has 146 valence electrons. The molecule has 0 aromatic heterocycles. The second kappa shape index (κ2) is 10.6. The van der Waals surface area contributed by atoms with E-state index in [9.17, 15) is 4.79 Å². The summed E-state index contributed by atoms with van der Waals surface area (Å²) in [5.74, 6) is -0.652. The molecule has 0 aliphatic carbocycles. The number of likely N-dealkylation sites (N-methyl/N-ethyl adjacent to an activating group) is 1. The zero-order valence-electron chi connectivity index (χ0n) is 16.2. The first-order valence-corrected chi connectivity index (χ1v) is 9.14. The van der Waals surface area contributed by atoms with Gasteiger partial charge in [-0.25, -0.2) is 0 Å². The fraction of sp³-hybridized carbons (Fsp3) is 0.208. The van der Waals surface area contributed by atoms with Crippen molar-refractivity contribution in [1.82, 2.24) is 4.90 Å². The van der Waals surface area contributed by atoms with E-state index in [0.29, 0.717) is 6.61 Å². The SMILES string of the molecule is CN(C)C(COC(=O)C(c1ccccc1)c1ccccc1)c1ccccc1.Cl. The Balaban J connectivity index is 0.00000280. The first-order chi connectivity index (χ1) is 13.2. The zero-order chi connectivity index (χ0) is 19.1. The van der Waals surface area contributed by atoms with Crippen LogP contribution in [-0.4, -0.2) is 31.6 Å². The Labute approximate surface area is 173 Å². The molecule has 0 saturated heterocycles. The standard InChI is InChI=1S/C24H25NO2.ClH/c1-25(2)22(19-12-6-3-7-13-19)18-27-24(26)23(20-14-8-4-9-15-20)21-16-10-5-11-17-21;/h3-17,22-23H,18H2,1-2H3;1H. The average molecular weight is 396 g/mol. The van der Waals surface area contributed by atoms with Crippen LogP contribution in [0.15, 0.2) is 91.0 Å². The van der Waals surface area contributed by atoms with Gasteiger partial charge in [0.05, 0.1) is 6.04 Å². The molecule has 0 radical (unpaired) electrons. The minimum atomic E-state index is -0.425. The molecule has 1 atom stereocenters. The number of nitrogens with zero attached hydrogens (tertiary/aromatic N) is 1. The Hall–Kier alpha value is -2.62. The maximum absolute atomic E-state index is 13.1. The lowest BCUT2D eigenvalue weighted by molar-refractivity contribution is -0.146. The van der Waals surface area contributed by atoms with Crippen molar-refractivity contribution in [3.63, 3.8) is 0 Å². The van der Waals surface area contributed by atoms with Gasteiger partial charge in [0, 0.05) is 0 Å². The monoisotopic (exact) mass is 395 g/mol. The molecule has 0 spiro atoms. The van der Waals surface area contributed by atoms with E-state index in [1.165, 1.54) is 0 Å². The van der Waals surface area contributed by atoms with Crippen LogP contribution < -0.4 is 0 Å². The van der Waals surface area contributed by atoms with Crippen LogP contribution in [0.2, 0.25) is 0 Å². The van der Waals surface area contributed by atoms with Crippen molar-refractivity contribution in [2.24, 2.45) is 0 Å². The summed E-state index contributed by atoms with van der Waals surface area (Å²) in [5, 5.41) is 0. The van der Waals surface area contributed by atoms with Crippen LogP contribution in [0, 0.1) is 0 Å². The second-order valence-electron chi connectivity index (χ2n) is 6.77. The van der Waals surface area contributed by atoms with Gasteiger partial charge < -0.3 is 4.74 Å². The van der Waals surface area contributed by atoms with Crippen LogP contribution in [0.4, 0.5) is 0 Å². The van der Waals surface area contributed by atoms with Gasteiger partial charge in [0.1, 0.15) is 12.5 Å². The molecule has 0 aliphatic rings. The van der Waals surface area contributed by atoms with E-state index < -0.39 is 5.92 Å². The fourth-order valence-electron chi connectivity index (χ4n) is 3.22. The number of rotatable bonds is 7. The molecular formula is C24H26ClNO2. The summed E-state index contributed by atoms with van der Waals surface area (Å²) in [6.07, 6.45) is 0. The van der Waals surface area contributed by atoms with E-state index >= 15 is 0 Å². The van der Waals surface area contributed by atoms with Gasteiger partial charge in [-0.2, -0.15) is 0 Å². The van der Waals surface area contributed by atoms with Crippen molar-refractivity contribution in [1.29, 1.82) is 0 Å². The quantitative estimate of drug-likeness (QED) is 0.522. The largest absolute Gasteiger partial charge is 0.463 e. The summed E-state index contributed by atoms with van der Waals surface area (Å²) in [5.41, 5.74) is 3.01. The van der Waals surface area contributed by atoms with Gasteiger partial charge in [-0.3, -0.25) is 9.69 Å². The number of halogens is 1. The Morgan fingerprint density at radius 2 is 1.14 bits per heavy atom. The normalized spacial score (nSPS) is 11.7. The molecule has 0 fully saturated rings. The highest BCUT2D eigenvalue weighted by molar-refractivity contribution is 5.85. The van der Waals surface area contributed by atoms with Crippen molar-refractivity contribution in [2.45, 2.75) is 12.0 Å². The Bertz CT molecular complexity index is 799. The predicted molar refractivity (Wildman–Crippen MR) is 116 cm³/mol.